The first-order valence-corrected chi connectivity index (χ1v) is 6.97. The molecule has 0 saturated carbocycles. The first-order valence-electron chi connectivity index (χ1n) is 6.97. The maximum Gasteiger partial charge on any atom is 3.00 e. The van der Waals surface area contributed by atoms with Gasteiger partial charge in [0.25, 0.3) is 0 Å². The molecule has 0 atom stereocenters. The van der Waals surface area contributed by atoms with Crippen molar-refractivity contribution in [3.63, 3.8) is 0 Å². The molecule has 0 nitrogen and oxygen atoms in total. The van der Waals surface area contributed by atoms with Crippen LogP contribution in [0.2, 0.25) is 0 Å². The molecule has 113 valence electrons. The second kappa shape index (κ2) is 7.80. The van der Waals surface area contributed by atoms with Crippen LogP contribution in [0.4, 0.5) is 0 Å². The Kier molecular flexibility index (Phi) is 6.60. The zero-order chi connectivity index (χ0) is 13.5. The van der Waals surface area contributed by atoms with Crippen molar-refractivity contribution < 1.29 is 26.2 Å². The molecule has 1 heteroatoms. The number of fused-ring (bicyclic) bond motifs is 2. The molecule has 0 spiro atoms. The fraction of sp³-hybridized carbons (Fsp3) is 0.0455. The molecule has 4 rings (SSSR count). The molecule has 4 aromatic carbocycles. The van der Waals surface area contributed by atoms with Gasteiger partial charge in [0.2, 0.25) is 0 Å². The Hall–Kier alpha value is -1.59. The Morgan fingerprint density at radius 1 is 0.696 bits per heavy atom. The van der Waals surface area contributed by atoms with Crippen molar-refractivity contribution >= 4 is 21.5 Å². The van der Waals surface area contributed by atoms with Gasteiger partial charge in [-0.2, -0.15) is 6.07 Å². The minimum Gasteiger partial charge on any atom is -0.358 e. The average molecular weight is 377 g/mol. The van der Waals surface area contributed by atoms with Gasteiger partial charge in [-0.1, -0.05) is 61.0 Å². The van der Waals surface area contributed by atoms with E-state index in [1.54, 1.807) is 0 Å². The summed E-state index contributed by atoms with van der Waals surface area (Å²) in [6.45, 7) is 2.16. The van der Waals surface area contributed by atoms with E-state index in [0.29, 0.717) is 0 Å². The topological polar surface area (TPSA) is 0 Å². The molecule has 0 aromatic heterocycles. The maximum atomic E-state index is 2.28. The van der Waals surface area contributed by atoms with Crippen LogP contribution in [0.5, 0.6) is 0 Å². The molecule has 0 amide bonds. The summed E-state index contributed by atoms with van der Waals surface area (Å²) in [4.78, 5) is 0. The number of benzene rings is 3. The number of aryl methyl sites for hydroxylation is 1. The molecule has 0 N–H and O–H groups in total. The summed E-state index contributed by atoms with van der Waals surface area (Å²) in [5.74, 6) is 0. The molecule has 0 fully saturated rings. The van der Waals surface area contributed by atoms with E-state index < -0.39 is 0 Å². The van der Waals surface area contributed by atoms with Gasteiger partial charge >= 0.3 is 26.2 Å². The molecule has 0 saturated heterocycles. The van der Waals surface area contributed by atoms with Crippen LogP contribution in [0.15, 0.2) is 72.8 Å². The van der Waals surface area contributed by atoms with E-state index in [2.05, 4.69) is 79.7 Å². The molecule has 0 heterocycles. The third kappa shape index (κ3) is 3.36. The Morgan fingerprint density at radius 3 is 2.09 bits per heavy atom. The first kappa shape index (κ1) is 19.5. The monoisotopic (exact) mass is 375 g/mol. The summed E-state index contributed by atoms with van der Waals surface area (Å²) in [6, 6.07) is 26.2. The Labute approximate surface area is 158 Å². The molecule has 1 radical (unpaired) electrons. The van der Waals surface area contributed by atoms with E-state index in [-0.39, 0.29) is 41.1 Å². The zero-order valence-corrected chi connectivity index (χ0v) is 16.4. The van der Waals surface area contributed by atoms with Gasteiger partial charge in [-0.05, 0) is 16.3 Å². The predicted molar refractivity (Wildman–Crippen MR) is 100 cm³/mol. The SMILES string of the molecule is Cc1cc2c(-c3cccc4ccccc34)cccc2[cH-]1.[CH3-].[CH3-].[Zr+3]. The van der Waals surface area contributed by atoms with Crippen LogP contribution < -0.4 is 0 Å². The van der Waals surface area contributed by atoms with E-state index in [9.17, 15) is 0 Å². The molecule has 0 unspecified atom stereocenters. The van der Waals surface area contributed by atoms with Crippen molar-refractivity contribution in [3.8, 4) is 11.1 Å². The van der Waals surface area contributed by atoms with Crippen LogP contribution in [-0.2, 0) is 26.2 Å². The molecule has 4 aromatic rings. The Balaban J connectivity index is 0.000000882. The van der Waals surface area contributed by atoms with E-state index in [1.807, 2.05) is 0 Å². The van der Waals surface area contributed by atoms with E-state index in [4.69, 9.17) is 0 Å². The number of hydrogen-bond acceptors (Lipinski definition) is 0. The summed E-state index contributed by atoms with van der Waals surface area (Å²) < 4.78 is 0. The van der Waals surface area contributed by atoms with Crippen LogP contribution >= 0.6 is 0 Å². The van der Waals surface area contributed by atoms with Gasteiger partial charge in [-0.3, -0.25) is 0 Å². The summed E-state index contributed by atoms with van der Waals surface area (Å²) in [5.41, 5.74) is 3.97. The van der Waals surface area contributed by atoms with Crippen molar-refractivity contribution in [2.45, 2.75) is 6.92 Å². The van der Waals surface area contributed by atoms with E-state index in [0.717, 1.165) is 0 Å². The molecule has 0 aliphatic rings. The molecular formula is C22H21Zr. The Bertz CT molecular complexity index is 910. The van der Waals surface area contributed by atoms with Gasteiger partial charge in [0.05, 0.1) is 0 Å². The minimum absolute atomic E-state index is 0. The second-order valence-electron chi connectivity index (χ2n) is 5.37. The quantitative estimate of drug-likeness (QED) is 0.329. The summed E-state index contributed by atoms with van der Waals surface area (Å²) in [6.07, 6.45) is 0. The van der Waals surface area contributed by atoms with Crippen molar-refractivity contribution in [3.05, 3.63) is 93.2 Å². The van der Waals surface area contributed by atoms with Crippen LogP contribution in [0.25, 0.3) is 32.7 Å². The summed E-state index contributed by atoms with van der Waals surface area (Å²) in [5, 5.41) is 5.29. The maximum absolute atomic E-state index is 2.28. The van der Waals surface area contributed by atoms with Gasteiger partial charge in [0.1, 0.15) is 0 Å². The van der Waals surface area contributed by atoms with Crippen molar-refractivity contribution in [2.24, 2.45) is 0 Å². The number of hydrogen-bond donors (Lipinski definition) is 0. The molecule has 0 aliphatic heterocycles. The van der Waals surface area contributed by atoms with Crippen LogP contribution in [0.1, 0.15) is 5.56 Å². The zero-order valence-electron chi connectivity index (χ0n) is 13.9. The van der Waals surface area contributed by atoms with E-state index in [1.165, 1.54) is 38.2 Å². The van der Waals surface area contributed by atoms with Crippen LogP contribution in [0.3, 0.4) is 0 Å². The van der Waals surface area contributed by atoms with Gasteiger partial charge in [0, 0.05) is 0 Å². The third-order valence-corrected chi connectivity index (χ3v) is 3.97. The second-order valence-corrected chi connectivity index (χ2v) is 5.37. The van der Waals surface area contributed by atoms with Crippen molar-refractivity contribution in [1.82, 2.24) is 0 Å². The fourth-order valence-electron chi connectivity index (χ4n) is 3.08. The average Bonchev–Trinajstić information content (AvgIpc) is 2.87. The molecule has 23 heavy (non-hydrogen) atoms. The van der Waals surface area contributed by atoms with Crippen LogP contribution in [-0.4, -0.2) is 0 Å². The smallest absolute Gasteiger partial charge is 0.358 e. The van der Waals surface area contributed by atoms with Gasteiger partial charge in [-0.15, -0.1) is 34.5 Å². The van der Waals surface area contributed by atoms with Gasteiger partial charge in [0.15, 0.2) is 0 Å². The van der Waals surface area contributed by atoms with E-state index >= 15 is 0 Å². The van der Waals surface area contributed by atoms with Crippen molar-refractivity contribution in [2.75, 3.05) is 0 Å². The van der Waals surface area contributed by atoms with Crippen molar-refractivity contribution in [1.29, 1.82) is 0 Å². The first-order chi connectivity index (χ1) is 9.83. The summed E-state index contributed by atoms with van der Waals surface area (Å²) in [7, 11) is 0. The third-order valence-electron chi connectivity index (χ3n) is 3.97. The molecular weight excluding hydrogens is 355 g/mol. The molecule has 0 aliphatic carbocycles. The fourth-order valence-corrected chi connectivity index (χ4v) is 3.08. The molecule has 0 bridgehead atoms. The normalized spacial score (nSPS) is 9.78. The minimum atomic E-state index is 0. The van der Waals surface area contributed by atoms with Crippen LogP contribution in [0, 0.1) is 21.8 Å². The van der Waals surface area contributed by atoms with Gasteiger partial charge < -0.3 is 14.9 Å². The number of rotatable bonds is 1. The van der Waals surface area contributed by atoms with Gasteiger partial charge in [-0.25, -0.2) is 0 Å². The predicted octanol–water partition coefficient (Wildman–Crippen LogP) is 6.59. The standard InChI is InChI=1S/C20H15.2CH3.Zr/c1-14-12-16-8-5-11-19(20(16)13-14)18-10-4-7-15-6-2-3-9-17(15)18;;;/h2-13H,1H3;2*1H3;/q3*-1;+3. The summed E-state index contributed by atoms with van der Waals surface area (Å²) >= 11 is 0. The largest absolute Gasteiger partial charge is 3.00 e. The Morgan fingerprint density at radius 2 is 1.30 bits per heavy atom.